The van der Waals surface area contributed by atoms with Gasteiger partial charge in [0.1, 0.15) is 5.75 Å². The quantitative estimate of drug-likeness (QED) is 0.795. The van der Waals surface area contributed by atoms with E-state index in [9.17, 15) is 9.59 Å². The summed E-state index contributed by atoms with van der Waals surface area (Å²) in [7, 11) is 1.64. The van der Waals surface area contributed by atoms with Crippen LogP contribution in [0.15, 0.2) is 23.3 Å². The number of ketones is 2. The van der Waals surface area contributed by atoms with Gasteiger partial charge in [-0.15, -0.1) is 0 Å². The Balaban J connectivity index is 1.92. The number of aryl methyl sites for hydroxylation is 1. The van der Waals surface area contributed by atoms with E-state index >= 15 is 0 Å². The largest absolute Gasteiger partial charge is 0.496 e. The Kier molecular flexibility index (Phi) is 2.56. The third-order valence-corrected chi connectivity index (χ3v) is 5.70. The van der Waals surface area contributed by atoms with E-state index in [0.717, 1.165) is 40.0 Å². The van der Waals surface area contributed by atoms with Gasteiger partial charge in [-0.1, -0.05) is 13.8 Å². The van der Waals surface area contributed by atoms with Crippen LogP contribution in [0.25, 0.3) is 0 Å². The van der Waals surface area contributed by atoms with Gasteiger partial charge in [0.05, 0.1) is 13.0 Å². The van der Waals surface area contributed by atoms with E-state index in [-0.39, 0.29) is 28.8 Å². The molecule has 3 nitrogen and oxygen atoms in total. The van der Waals surface area contributed by atoms with Crippen LogP contribution < -0.4 is 4.74 Å². The summed E-state index contributed by atoms with van der Waals surface area (Å²) in [6.45, 7) is 6.27. The molecule has 0 unspecified atom stereocenters. The van der Waals surface area contributed by atoms with E-state index in [1.165, 1.54) is 0 Å². The van der Waals surface area contributed by atoms with Gasteiger partial charge >= 0.3 is 0 Å². The molecule has 3 aliphatic rings. The predicted octanol–water partition coefficient (Wildman–Crippen LogP) is 3.60. The molecule has 0 N–H and O–H groups in total. The van der Waals surface area contributed by atoms with Gasteiger partial charge in [-0.25, -0.2) is 0 Å². The molecule has 114 valence electrons. The maximum absolute atomic E-state index is 12.9. The van der Waals surface area contributed by atoms with Crippen molar-refractivity contribution in [1.29, 1.82) is 0 Å². The lowest BCUT2D eigenvalue weighted by Crippen LogP contribution is -2.43. The fraction of sp³-hybridized carbons (Fsp3) is 0.474. The van der Waals surface area contributed by atoms with Crippen molar-refractivity contribution in [2.24, 2.45) is 11.3 Å². The first-order valence-electron chi connectivity index (χ1n) is 7.87. The molecule has 2 atom stereocenters. The number of hydrogen-bond acceptors (Lipinski definition) is 3. The molecule has 0 saturated heterocycles. The van der Waals surface area contributed by atoms with Crippen LogP contribution in [0.1, 0.15) is 54.1 Å². The smallest absolute Gasteiger partial charge is 0.171 e. The fourth-order valence-electron chi connectivity index (χ4n) is 4.56. The van der Waals surface area contributed by atoms with E-state index in [0.29, 0.717) is 6.42 Å². The van der Waals surface area contributed by atoms with Crippen LogP contribution in [0, 0.1) is 18.3 Å². The number of rotatable bonds is 1. The predicted molar refractivity (Wildman–Crippen MR) is 83.3 cm³/mol. The number of Topliss-reactive ketones (excluding diaryl/α,β-unsaturated/α-hetero) is 2. The van der Waals surface area contributed by atoms with Crippen molar-refractivity contribution >= 4 is 11.6 Å². The zero-order valence-electron chi connectivity index (χ0n) is 13.4. The van der Waals surface area contributed by atoms with E-state index in [2.05, 4.69) is 13.8 Å². The van der Waals surface area contributed by atoms with Crippen LogP contribution in [-0.4, -0.2) is 18.7 Å². The molecule has 0 heterocycles. The van der Waals surface area contributed by atoms with E-state index in [1.54, 1.807) is 7.11 Å². The Labute approximate surface area is 130 Å². The van der Waals surface area contributed by atoms with Crippen molar-refractivity contribution in [3.8, 4) is 5.75 Å². The molecule has 0 aliphatic heterocycles. The number of carbonyl (C=O) groups excluding carboxylic acids is 2. The van der Waals surface area contributed by atoms with Crippen LogP contribution in [0.2, 0.25) is 0 Å². The molecule has 0 spiro atoms. The Morgan fingerprint density at radius 3 is 2.59 bits per heavy atom. The number of benzene rings is 1. The van der Waals surface area contributed by atoms with Crippen LogP contribution >= 0.6 is 0 Å². The highest BCUT2D eigenvalue weighted by Gasteiger charge is 2.58. The molecule has 0 amide bonds. The van der Waals surface area contributed by atoms with Crippen molar-refractivity contribution in [1.82, 2.24) is 0 Å². The summed E-state index contributed by atoms with van der Waals surface area (Å²) in [4.78, 5) is 25.3. The summed E-state index contributed by atoms with van der Waals surface area (Å²) >= 11 is 0. The third-order valence-electron chi connectivity index (χ3n) is 5.70. The molecular formula is C19H20O3. The monoisotopic (exact) mass is 296 g/mol. The van der Waals surface area contributed by atoms with Crippen molar-refractivity contribution in [2.45, 2.75) is 39.5 Å². The number of hydrogen-bond donors (Lipinski definition) is 0. The first-order valence-corrected chi connectivity index (χ1v) is 7.87. The van der Waals surface area contributed by atoms with Crippen LogP contribution in [0.3, 0.4) is 0 Å². The number of ether oxygens (including phenoxy) is 1. The second kappa shape index (κ2) is 4.09. The molecule has 0 aromatic heterocycles. The second-order valence-corrected chi connectivity index (χ2v) is 7.36. The highest BCUT2D eigenvalue weighted by molar-refractivity contribution is 6.14. The lowest BCUT2D eigenvalue weighted by atomic mass is 9.54. The van der Waals surface area contributed by atoms with Crippen molar-refractivity contribution in [2.75, 3.05) is 7.11 Å². The van der Waals surface area contributed by atoms with E-state index in [1.807, 2.05) is 19.1 Å². The molecule has 0 radical (unpaired) electrons. The number of methoxy groups -OCH3 is 1. The molecule has 0 bridgehead atoms. The minimum Gasteiger partial charge on any atom is -0.496 e. The van der Waals surface area contributed by atoms with Crippen LogP contribution in [-0.2, 0) is 4.79 Å². The second-order valence-electron chi connectivity index (χ2n) is 7.36. The maximum Gasteiger partial charge on any atom is 0.171 e. The lowest BCUT2D eigenvalue weighted by molar-refractivity contribution is -0.117. The SMILES string of the molecule is COc1cc2c(cc1C)C(=O)[C@@H]1C3=C(C(=O)CCC3(C)C)[C@H]21. The average molecular weight is 296 g/mol. The standard InChI is InChI=1S/C19H20O3/c1-9-7-11-10(8-13(9)22-4)14-15-12(20)5-6-19(2,3)17(15)16(14)18(11)21/h7-8,14,16H,5-6H2,1-4H3/t14-,16-/m0/s1. The van der Waals surface area contributed by atoms with Crippen molar-refractivity contribution < 1.29 is 14.3 Å². The Bertz CT molecular complexity index is 767. The average Bonchev–Trinajstić information content (AvgIpc) is 2.64. The van der Waals surface area contributed by atoms with E-state index < -0.39 is 0 Å². The summed E-state index contributed by atoms with van der Waals surface area (Å²) in [6.07, 6.45) is 1.45. The topological polar surface area (TPSA) is 43.4 Å². The number of fused-ring (bicyclic) bond motifs is 5. The van der Waals surface area contributed by atoms with Gasteiger partial charge in [0.2, 0.25) is 0 Å². The van der Waals surface area contributed by atoms with Gasteiger partial charge < -0.3 is 4.74 Å². The van der Waals surface area contributed by atoms with Crippen molar-refractivity contribution in [3.63, 3.8) is 0 Å². The van der Waals surface area contributed by atoms with E-state index in [4.69, 9.17) is 4.74 Å². The molecule has 1 aromatic rings. The summed E-state index contributed by atoms with van der Waals surface area (Å²) in [5.41, 5.74) is 4.72. The zero-order valence-corrected chi connectivity index (χ0v) is 13.4. The van der Waals surface area contributed by atoms with Gasteiger partial charge in [0, 0.05) is 23.5 Å². The van der Waals surface area contributed by atoms with Gasteiger partial charge in [-0.05, 0) is 47.6 Å². The molecule has 0 fully saturated rings. The number of carbonyl (C=O) groups is 2. The Hall–Kier alpha value is -1.90. The molecule has 0 saturated carbocycles. The summed E-state index contributed by atoms with van der Waals surface area (Å²) in [5, 5.41) is 0. The van der Waals surface area contributed by atoms with Gasteiger partial charge in [-0.3, -0.25) is 9.59 Å². The zero-order chi connectivity index (χ0) is 15.8. The fourth-order valence-corrected chi connectivity index (χ4v) is 4.56. The van der Waals surface area contributed by atoms with Gasteiger partial charge in [-0.2, -0.15) is 0 Å². The molecule has 22 heavy (non-hydrogen) atoms. The lowest BCUT2D eigenvalue weighted by Gasteiger charge is -2.47. The first-order chi connectivity index (χ1) is 10.4. The summed E-state index contributed by atoms with van der Waals surface area (Å²) < 4.78 is 5.40. The third kappa shape index (κ3) is 1.47. The first kappa shape index (κ1) is 13.7. The molecular weight excluding hydrogens is 276 g/mol. The van der Waals surface area contributed by atoms with Gasteiger partial charge in [0.15, 0.2) is 11.6 Å². The Morgan fingerprint density at radius 1 is 1.18 bits per heavy atom. The summed E-state index contributed by atoms with van der Waals surface area (Å²) in [6, 6.07) is 3.89. The number of allylic oxidation sites excluding steroid dienone is 2. The van der Waals surface area contributed by atoms with Crippen LogP contribution in [0.4, 0.5) is 0 Å². The highest BCUT2D eigenvalue weighted by atomic mass is 16.5. The molecule has 4 rings (SSSR count). The minimum atomic E-state index is -0.115. The normalized spacial score (nSPS) is 28.0. The molecule has 1 aromatic carbocycles. The summed E-state index contributed by atoms with van der Waals surface area (Å²) in [5.74, 6) is 1.07. The van der Waals surface area contributed by atoms with Crippen molar-refractivity contribution in [3.05, 3.63) is 40.0 Å². The Morgan fingerprint density at radius 2 is 1.91 bits per heavy atom. The van der Waals surface area contributed by atoms with Crippen LogP contribution in [0.5, 0.6) is 5.75 Å². The maximum atomic E-state index is 12.9. The molecule has 3 heteroatoms. The minimum absolute atomic E-state index is 0.0286. The van der Waals surface area contributed by atoms with Gasteiger partial charge in [0.25, 0.3) is 0 Å². The molecule has 3 aliphatic carbocycles. The highest BCUT2D eigenvalue weighted by Crippen LogP contribution is 2.63.